The van der Waals surface area contributed by atoms with E-state index < -0.39 is 23.6 Å². The van der Waals surface area contributed by atoms with Crippen molar-refractivity contribution >= 4 is 0 Å². The van der Waals surface area contributed by atoms with Gasteiger partial charge in [-0.3, -0.25) is 0 Å². The van der Waals surface area contributed by atoms with Crippen LogP contribution in [-0.2, 0) is 0 Å². The minimum Gasteiger partial charge on any atom is -0.384 e. The van der Waals surface area contributed by atoms with Crippen molar-refractivity contribution < 1.29 is 18.3 Å². The lowest BCUT2D eigenvalue weighted by Crippen LogP contribution is -2.01. The quantitative estimate of drug-likeness (QED) is 0.851. The van der Waals surface area contributed by atoms with Gasteiger partial charge in [0.15, 0.2) is 0 Å². The Kier molecular flexibility index (Phi) is 3.15. The zero-order chi connectivity index (χ0) is 12.4. The van der Waals surface area contributed by atoms with Gasteiger partial charge in [0.2, 0.25) is 0 Å². The second-order valence-corrected chi connectivity index (χ2v) is 3.66. The van der Waals surface area contributed by atoms with E-state index in [-0.39, 0.29) is 11.1 Å². The van der Waals surface area contributed by atoms with Crippen molar-refractivity contribution in [3.63, 3.8) is 0 Å². The first-order valence-corrected chi connectivity index (χ1v) is 4.96. The second-order valence-electron chi connectivity index (χ2n) is 3.66. The second kappa shape index (κ2) is 4.59. The van der Waals surface area contributed by atoms with Crippen molar-refractivity contribution in [1.82, 2.24) is 0 Å². The van der Waals surface area contributed by atoms with Crippen LogP contribution in [0.3, 0.4) is 0 Å². The van der Waals surface area contributed by atoms with Crippen LogP contribution in [-0.4, -0.2) is 5.11 Å². The first kappa shape index (κ1) is 11.7. The fourth-order valence-corrected chi connectivity index (χ4v) is 1.60. The molecule has 2 rings (SSSR count). The van der Waals surface area contributed by atoms with Crippen molar-refractivity contribution in [1.29, 1.82) is 0 Å². The molecular formula is C13H9F3O. The number of halogens is 3. The largest absolute Gasteiger partial charge is 0.384 e. The van der Waals surface area contributed by atoms with Gasteiger partial charge in [-0.2, -0.15) is 0 Å². The number of aliphatic hydroxyl groups is 1. The fraction of sp³-hybridized carbons (Fsp3) is 0.0769. The van der Waals surface area contributed by atoms with Gasteiger partial charge in [0, 0.05) is 6.07 Å². The zero-order valence-electron chi connectivity index (χ0n) is 8.70. The molecule has 4 heteroatoms. The van der Waals surface area contributed by atoms with E-state index in [1.807, 2.05) is 0 Å². The third kappa shape index (κ3) is 2.65. The summed E-state index contributed by atoms with van der Waals surface area (Å²) in [6, 6.07) is 7.98. The predicted octanol–water partition coefficient (Wildman–Crippen LogP) is 3.19. The SMILES string of the molecule is O[C@H](c1cccc(F)c1)c1cc(F)cc(F)c1. The van der Waals surface area contributed by atoms with Crippen LogP contribution in [0, 0.1) is 17.5 Å². The maximum atomic E-state index is 13.0. The van der Waals surface area contributed by atoms with E-state index in [2.05, 4.69) is 0 Å². The van der Waals surface area contributed by atoms with E-state index in [1.54, 1.807) is 0 Å². The Morgan fingerprint density at radius 2 is 1.35 bits per heavy atom. The van der Waals surface area contributed by atoms with Gasteiger partial charge in [0.05, 0.1) is 0 Å². The molecule has 0 saturated heterocycles. The van der Waals surface area contributed by atoms with Crippen molar-refractivity contribution in [2.45, 2.75) is 6.10 Å². The molecule has 2 aromatic rings. The number of rotatable bonds is 2. The average molecular weight is 238 g/mol. The topological polar surface area (TPSA) is 20.2 Å². The Morgan fingerprint density at radius 3 is 1.94 bits per heavy atom. The first-order chi connectivity index (χ1) is 8.06. The molecule has 1 N–H and O–H groups in total. The average Bonchev–Trinajstić information content (AvgIpc) is 2.26. The molecule has 88 valence electrons. The standard InChI is InChI=1S/C13H9F3O/c14-10-3-1-2-8(4-10)13(17)9-5-11(15)7-12(16)6-9/h1-7,13,17H/t13-/m1/s1. The molecule has 0 heterocycles. The van der Waals surface area contributed by atoms with E-state index in [1.165, 1.54) is 18.2 Å². The number of hydrogen-bond acceptors (Lipinski definition) is 1. The van der Waals surface area contributed by atoms with Crippen LogP contribution in [0.4, 0.5) is 13.2 Å². The van der Waals surface area contributed by atoms with Crippen LogP contribution < -0.4 is 0 Å². The smallest absolute Gasteiger partial charge is 0.126 e. The number of hydrogen-bond donors (Lipinski definition) is 1. The van der Waals surface area contributed by atoms with Crippen molar-refractivity contribution in [2.75, 3.05) is 0 Å². The summed E-state index contributed by atoms with van der Waals surface area (Å²) in [5, 5.41) is 9.87. The van der Waals surface area contributed by atoms with Crippen molar-refractivity contribution in [3.8, 4) is 0 Å². The van der Waals surface area contributed by atoms with Crippen LogP contribution >= 0.6 is 0 Å². The maximum Gasteiger partial charge on any atom is 0.126 e. The van der Waals surface area contributed by atoms with Gasteiger partial charge in [-0.15, -0.1) is 0 Å². The summed E-state index contributed by atoms with van der Waals surface area (Å²) in [7, 11) is 0. The van der Waals surface area contributed by atoms with Gasteiger partial charge >= 0.3 is 0 Å². The molecule has 1 nitrogen and oxygen atoms in total. The number of benzene rings is 2. The van der Waals surface area contributed by atoms with Gasteiger partial charge in [-0.05, 0) is 35.4 Å². The third-order valence-corrected chi connectivity index (χ3v) is 2.37. The van der Waals surface area contributed by atoms with Crippen molar-refractivity contribution in [2.24, 2.45) is 0 Å². The highest BCUT2D eigenvalue weighted by Crippen LogP contribution is 2.23. The first-order valence-electron chi connectivity index (χ1n) is 4.96. The van der Waals surface area contributed by atoms with Gasteiger partial charge < -0.3 is 5.11 Å². The molecule has 0 unspecified atom stereocenters. The lowest BCUT2D eigenvalue weighted by Gasteiger charge is -2.11. The van der Waals surface area contributed by atoms with Gasteiger partial charge in [0.25, 0.3) is 0 Å². The molecule has 0 aliphatic heterocycles. The molecule has 17 heavy (non-hydrogen) atoms. The molecule has 0 spiro atoms. The molecule has 0 saturated carbocycles. The minimum atomic E-state index is -1.25. The van der Waals surface area contributed by atoms with Crippen LogP contribution in [0.1, 0.15) is 17.2 Å². The highest BCUT2D eigenvalue weighted by Gasteiger charge is 2.13. The van der Waals surface area contributed by atoms with E-state index in [4.69, 9.17) is 0 Å². The molecule has 2 aromatic carbocycles. The molecule has 0 aromatic heterocycles. The van der Waals surface area contributed by atoms with Crippen molar-refractivity contribution in [3.05, 3.63) is 71.0 Å². The highest BCUT2D eigenvalue weighted by molar-refractivity contribution is 5.30. The molecule has 0 radical (unpaired) electrons. The lowest BCUT2D eigenvalue weighted by atomic mass is 10.0. The molecule has 0 fully saturated rings. The van der Waals surface area contributed by atoms with Gasteiger partial charge in [0.1, 0.15) is 23.6 Å². The fourth-order valence-electron chi connectivity index (χ4n) is 1.60. The summed E-state index contributed by atoms with van der Waals surface area (Å²) in [6.07, 6.45) is -1.25. The van der Waals surface area contributed by atoms with Crippen LogP contribution in [0.5, 0.6) is 0 Å². The maximum absolute atomic E-state index is 13.0. The third-order valence-electron chi connectivity index (χ3n) is 2.37. The monoisotopic (exact) mass is 238 g/mol. The van der Waals surface area contributed by atoms with Gasteiger partial charge in [-0.1, -0.05) is 12.1 Å². The summed E-state index contributed by atoms with van der Waals surface area (Å²) in [5.74, 6) is -2.08. The summed E-state index contributed by atoms with van der Waals surface area (Å²) < 4.78 is 38.9. The van der Waals surface area contributed by atoms with E-state index >= 15 is 0 Å². The molecular weight excluding hydrogens is 229 g/mol. The Bertz CT molecular complexity index is 520. The predicted molar refractivity (Wildman–Crippen MR) is 56.8 cm³/mol. The summed E-state index contributed by atoms with van der Waals surface area (Å²) in [4.78, 5) is 0. The Labute approximate surface area is 96.1 Å². The van der Waals surface area contributed by atoms with Crippen LogP contribution in [0.15, 0.2) is 42.5 Å². The highest BCUT2D eigenvalue weighted by atomic mass is 19.1. The molecule has 0 bridgehead atoms. The minimum absolute atomic E-state index is 0.0492. The van der Waals surface area contributed by atoms with Crippen LogP contribution in [0.25, 0.3) is 0 Å². The molecule has 0 amide bonds. The number of aliphatic hydroxyl groups excluding tert-OH is 1. The normalized spacial score (nSPS) is 12.5. The summed E-state index contributed by atoms with van der Waals surface area (Å²) >= 11 is 0. The molecule has 0 aliphatic rings. The van der Waals surface area contributed by atoms with Gasteiger partial charge in [-0.25, -0.2) is 13.2 Å². The van der Waals surface area contributed by atoms with E-state index in [0.29, 0.717) is 6.07 Å². The van der Waals surface area contributed by atoms with E-state index in [9.17, 15) is 18.3 Å². The Balaban J connectivity index is 2.39. The molecule has 1 atom stereocenters. The van der Waals surface area contributed by atoms with E-state index in [0.717, 1.165) is 18.2 Å². The Morgan fingerprint density at radius 1 is 0.765 bits per heavy atom. The summed E-state index contributed by atoms with van der Waals surface area (Å²) in [6.45, 7) is 0. The van der Waals surface area contributed by atoms with Crippen LogP contribution in [0.2, 0.25) is 0 Å². The Hall–Kier alpha value is -1.81. The zero-order valence-corrected chi connectivity index (χ0v) is 8.70. The molecule has 0 aliphatic carbocycles. The summed E-state index contributed by atoms with van der Waals surface area (Å²) in [5.41, 5.74) is 0.295. The lowest BCUT2D eigenvalue weighted by molar-refractivity contribution is 0.218.